The molecule has 0 spiro atoms. The molecule has 0 aliphatic carbocycles. The van der Waals surface area contributed by atoms with E-state index in [2.05, 4.69) is 0 Å². The third kappa shape index (κ3) is 3.06. The Hall–Kier alpha value is -2.00. The van der Waals surface area contributed by atoms with Gasteiger partial charge >= 0.3 is 0 Å². The molecular weight excluding hydrogens is 260 g/mol. The van der Waals surface area contributed by atoms with Crippen LogP contribution in [0.1, 0.15) is 16.7 Å². The Balaban J connectivity index is 2.25. The predicted molar refractivity (Wildman–Crippen MR) is 78.0 cm³/mol. The first-order chi connectivity index (χ1) is 9.09. The molecule has 0 heterocycles. The maximum Gasteiger partial charge on any atom is 0.133 e. The van der Waals surface area contributed by atoms with Gasteiger partial charge in [0.15, 0.2) is 0 Å². The summed E-state index contributed by atoms with van der Waals surface area (Å²) in [7, 11) is 0. The molecule has 0 radical (unpaired) electrons. The fourth-order valence-corrected chi connectivity index (χ4v) is 2.01. The van der Waals surface area contributed by atoms with Gasteiger partial charge in [-0.25, -0.2) is 0 Å². The zero-order valence-electron chi connectivity index (χ0n) is 10.6. The van der Waals surface area contributed by atoms with E-state index in [0.717, 1.165) is 11.1 Å². The number of ether oxygens (including phenoxy) is 1. The van der Waals surface area contributed by atoms with Crippen molar-refractivity contribution in [2.24, 2.45) is 5.73 Å². The summed E-state index contributed by atoms with van der Waals surface area (Å²) < 4.78 is 5.79. The number of amidine groups is 1. The number of hydrogen-bond donors (Lipinski definition) is 2. The maximum atomic E-state index is 7.57. The van der Waals surface area contributed by atoms with E-state index in [4.69, 9.17) is 27.5 Å². The molecule has 98 valence electrons. The lowest BCUT2D eigenvalue weighted by molar-refractivity contribution is 0.303. The Morgan fingerprint density at radius 1 is 1.21 bits per heavy atom. The highest BCUT2D eigenvalue weighted by Crippen LogP contribution is 2.25. The quantitative estimate of drug-likeness (QED) is 0.662. The van der Waals surface area contributed by atoms with Crippen LogP contribution in [0.4, 0.5) is 0 Å². The molecule has 4 heteroatoms. The third-order valence-electron chi connectivity index (χ3n) is 2.83. The fourth-order valence-electron chi connectivity index (χ4n) is 1.82. The van der Waals surface area contributed by atoms with Crippen LogP contribution in [0.25, 0.3) is 0 Å². The van der Waals surface area contributed by atoms with E-state index in [1.54, 1.807) is 6.07 Å². The number of benzene rings is 2. The molecule has 3 N–H and O–H groups in total. The predicted octanol–water partition coefficient (Wildman–Crippen LogP) is 3.51. The van der Waals surface area contributed by atoms with E-state index in [1.165, 1.54) is 0 Å². The van der Waals surface area contributed by atoms with Crippen molar-refractivity contribution in [3.05, 3.63) is 64.2 Å². The van der Waals surface area contributed by atoms with Crippen LogP contribution in [-0.2, 0) is 6.61 Å². The third-order valence-corrected chi connectivity index (χ3v) is 3.20. The summed E-state index contributed by atoms with van der Waals surface area (Å²) >= 11 is 6.09. The number of halogens is 1. The summed E-state index contributed by atoms with van der Waals surface area (Å²) in [6.45, 7) is 2.28. The van der Waals surface area contributed by atoms with Gasteiger partial charge in [0.2, 0.25) is 0 Å². The molecule has 19 heavy (non-hydrogen) atoms. The zero-order valence-corrected chi connectivity index (χ0v) is 11.4. The molecule has 0 atom stereocenters. The molecule has 0 saturated carbocycles. The van der Waals surface area contributed by atoms with E-state index < -0.39 is 0 Å². The first-order valence-corrected chi connectivity index (χ1v) is 6.27. The zero-order chi connectivity index (χ0) is 13.8. The summed E-state index contributed by atoms with van der Waals surface area (Å²) in [5.41, 5.74) is 8.01. The van der Waals surface area contributed by atoms with E-state index in [-0.39, 0.29) is 5.84 Å². The number of nitrogens with two attached hydrogens (primary N) is 1. The molecule has 0 unspecified atom stereocenters. The lowest BCUT2D eigenvalue weighted by Crippen LogP contribution is -2.13. The van der Waals surface area contributed by atoms with Crippen molar-refractivity contribution in [2.45, 2.75) is 13.5 Å². The van der Waals surface area contributed by atoms with Crippen molar-refractivity contribution in [3.63, 3.8) is 0 Å². The lowest BCUT2D eigenvalue weighted by atomic mass is 10.1. The minimum absolute atomic E-state index is 0.00198. The topological polar surface area (TPSA) is 59.1 Å². The molecule has 0 saturated heterocycles. The van der Waals surface area contributed by atoms with Crippen molar-refractivity contribution < 1.29 is 4.74 Å². The molecule has 2 rings (SSSR count). The molecule has 2 aromatic carbocycles. The average Bonchev–Trinajstić information content (AvgIpc) is 2.38. The molecule has 0 aliphatic rings. The van der Waals surface area contributed by atoms with Gasteiger partial charge in [0, 0.05) is 10.6 Å². The van der Waals surface area contributed by atoms with Crippen molar-refractivity contribution in [1.82, 2.24) is 0 Å². The second-order valence-corrected chi connectivity index (χ2v) is 4.65. The Kier molecular flexibility index (Phi) is 4.07. The van der Waals surface area contributed by atoms with Crippen LogP contribution in [-0.4, -0.2) is 5.84 Å². The summed E-state index contributed by atoms with van der Waals surface area (Å²) in [5, 5.41) is 8.24. The van der Waals surface area contributed by atoms with Crippen molar-refractivity contribution in [1.29, 1.82) is 5.41 Å². The van der Waals surface area contributed by atoms with Gasteiger partial charge < -0.3 is 10.5 Å². The van der Waals surface area contributed by atoms with Gasteiger partial charge in [0.05, 0.1) is 5.56 Å². The number of para-hydroxylation sites is 1. The van der Waals surface area contributed by atoms with Crippen LogP contribution < -0.4 is 10.5 Å². The van der Waals surface area contributed by atoms with Crippen LogP contribution in [0.2, 0.25) is 5.02 Å². The maximum absolute atomic E-state index is 7.57. The van der Waals surface area contributed by atoms with Gasteiger partial charge in [-0.1, -0.05) is 41.9 Å². The van der Waals surface area contributed by atoms with Crippen molar-refractivity contribution in [2.75, 3.05) is 0 Å². The van der Waals surface area contributed by atoms with Crippen LogP contribution in [0.15, 0.2) is 42.5 Å². The second-order valence-electron chi connectivity index (χ2n) is 4.25. The van der Waals surface area contributed by atoms with Gasteiger partial charge in [-0.3, -0.25) is 5.41 Å². The highest BCUT2D eigenvalue weighted by molar-refractivity contribution is 6.31. The van der Waals surface area contributed by atoms with E-state index >= 15 is 0 Å². The van der Waals surface area contributed by atoms with Gasteiger partial charge in [-0.2, -0.15) is 0 Å². The Bertz CT molecular complexity index is 611. The molecule has 3 nitrogen and oxygen atoms in total. The van der Waals surface area contributed by atoms with Crippen molar-refractivity contribution >= 4 is 17.4 Å². The molecule has 0 bridgehead atoms. The minimum Gasteiger partial charge on any atom is -0.488 e. The van der Waals surface area contributed by atoms with E-state index in [1.807, 2.05) is 43.3 Å². The van der Waals surface area contributed by atoms with E-state index in [0.29, 0.717) is 22.9 Å². The largest absolute Gasteiger partial charge is 0.488 e. The summed E-state index contributed by atoms with van der Waals surface area (Å²) in [6.07, 6.45) is 0. The smallest absolute Gasteiger partial charge is 0.133 e. The van der Waals surface area contributed by atoms with Crippen LogP contribution in [0.3, 0.4) is 0 Å². The number of hydrogen-bond acceptors (Lipinski definition) is 2. The Morgan fingerprint density at radius 3 is 2.63 bits per heavy atom. The highest BCUT2D eigenvalue weighted by Gasteiger charge is 2.10. The number of nitrogens with one attached hydrogen (secondary N) is 1. The summed E-state index contributed by atoms with van der Waals surface area (Å²) in [4.78, 5) is 0. The summed E-state index contributed by atoms with van der Waals surface area (Å²) in [5.74, 6) is 0.632. The molecule has 0 aromatic heterocycles. The molecular formula is C15H15ClN2O. The number of aryl methyl sites for hydroxylation is 1. The summed E-state index contributed by atoms with van der Waals surface area (Å²) in [6, 6.07) is 13.1. The van der Waals surface area contributed by atoms with Crippen molar-refractivity contribution in [3.8, 4) is 5.75 Å². The lowest BCUT2D eigenvalue weighted by Gasteiger charge is -2.14. The minimum atomic E-state index is -0.00198. The highest BCUT2D eigenvalue weighted by atomic mass is 35.5. The standard InChI is InChI=1S/C15H15ClN2O/c1-10-5-4-7-12(15(17)18)14(10)19-9-11-6-2-3-8-13(11)16/h2-8H,9H2,1H3,(H3,17,18). The van der Waals surface area contributed by atoms with Crippen LogP contribution >= 0.6 is 11.6 Å². The SMILES string of the molecule is Cc1cccc(C(=N)N)c1OCc1ccccc1Cl. The first kappa shape index (κ1) is 13.4. The van der Waals surface area contributed by atoms with Crippen LogP contribution in [0.5, 0.6) is 5.75 Å². The van der Waals surface area contributed by atoms with Gasteiger partial charge in [-0.05, 0) is 24.6 Å². The monoisotopic (exact) mass is 274 g/mol. The molecule has 0 fully saturated rings. The van der Waals surface area contributed by atoms with Gasteiger partial charge in [0.1, 0.15) is 18.2 Å². The average molecular weight is 275 g/mol. The van der Waals surface area contributed by atoms with E-state index in [9.17, 15) is 0 Å². The molecule has 2 aromatic rings. The van der Waals surface area contributed by atoms with Gasteiger partial charge in [0.25, 0.3) is 0 Å². The molecule has 0 aliphatic heterocycles. The Labute approximate surface area is 117 Å². The fraction of sp³-hybridized carbons (Fsp3) is 0.133. The molecule has 0 amide bonds. The normalized spacial score (nSPS) is 10.2. The Morgan fingerprint density at radius 2 is 1.95 bits per heavy atom. The van der Waals surface area contributed by atoms with Crippen LogP contribution in [0, 0.1) is 12.3 Å². The van der Waals surface area contributed by atoms with Gasteiger partial charge in [-0.15, -0.1) is 0 Å². The number of rotatable bonds is 4. The first-order valence-electron chi connectivity index (χ1n) is 5.90. The number of nitrogen functional groups attached to an aromatic ring is 1. The second kappa shape index (κ2) is 5.76.